The topological polar surface area (TPSA) is 56.7 Å². The number of hydrogen-bond donors (Lipinski definition) is 0. The van der Waals surface area contributed by atoms with Crippen molar-refractivity contribution in [3.05, 3.63) is 52.5 Å². The Labute approximate surface area is 133 Å². The van der Waals surface area contributed by atoms with E-state index in [-0.39, 0.29) is 17.5 Å². The molecule has 0 radical (unpaired) electrons. The van der Waals surface area contributed by atoms with Gasteiger partial charge in [-0.25, -0.2) is 0 Å². The molecule has 0 aliphatic carbocycles. The van der Waals surface area contributed by atoms with Gasteiger partial charge in [0.1, 0.15) is 5.69 Å². The summed E-state index contributed by atoms with van der Waals surface area (Å²) >= 11 is 5.89. The van der Waals surface area contributed by atoms with E-state index in [9.17, 15) is 13.2 Å². The van der Waals surface area contributed by atoms with Crippen molar-refractivity contribution < 1.29 is 17.6 Å². The Kier molecular flexibility index (Phi) is 3.85. The van der Waals surface area contributed by atoms with Crippen LogP contribution in [-0.2, 0) is 19.6 Å². The molecule has 9 heteroatoms. The van der Waals surface area contributed by atoms with Gasteiger partial charge in [0, 0.05) is 18.1 Å². The van der Waals surface area contributed by atoms with Gasteiger partial charge in [-0.15, -0.1) is 10.2 Å². The Morgan fingerprint density at radius 1 is 1.22 bits per heavy atom. The molecule has 0 saturated carbocycles. The summed E-state index contributed by atoms with van der Waals surface area (Å²) in [5, 5.41) is 11.6. The molecule has 1 aromatic carbocycles. The highest BCUT2D eigenvalue weighted by Gasteiger charge is 2.35. The Bertz CT molecular complexity index is 841. The number of nitrogens with zero attached hydrogens (tertiary/aromatic N) is 4. The standard InChI is InChI=1S/C14H10ClF3N4O/c1-22-10(7-11(21-22)14(16,17)18)13-20-19-12(23-13)6-8-3-2-4-9(15)5-8/h2-5,7H,6H2,1H3. The van der Waals surface area contributed by atoms with Crippen LogP contribution in [0.5, 0.6) is 0 Å². The van der Waals surface area contributed by atoms with Crippen LogP contribution in [0, 0.1) is 0 Å². The fourth-order valence-corrected chi connectivity index (χ4v) is 2.27. The SMILES string of the molecule is Cn1nc(C(F)(F)F)cc1-c1nnc(Cc2cccc(Cl)c2)o1. The predicted molar refractivity (Wildman–Crippen MR) is 75.8 cm³/mol. The molecule has 120 valence electrons. The monoisotopic (exact) mass is 342 g/mol. The third kappa shape index (κ3) is 3.37. The van der Waals surface area contributed by atoms with E-state index in [0.717, 1.165) is 16.3 Å². The minimum atomic E-state index is -4.53. The Morgan fingerprint density at radius 3 is 2.65 bits per heavy atom. The van der Waals surface area contributed by atoms with Crippen molar-refractivity contribution in [2.75, 3.05) is 0 Å². The van der Waals surface area contributed by atoms with Gasteiger partial charge < -0.3 is 4.42 Å². The van der Waals surface area contributed by atoms with Crippen LogP contribution in [-0.4, -0.2) is 20.0 Å². The molecule has 0 bridgehead atoms. The fraction of sp³-hybridized carbons (Fsp3) is 0.214. The number of aryl methyl sites for hydroxylation is 1. The quantitative estimate of drug-likeness (QED) is 0.727. The first-order chi connectivity index (χ1) is 10.8. The molecule has 0 N–H and O–H groups in total. The molecule has 0 spiro atoms. The Balaban J connectivity index is 1.86. The third-order valence-corrected chi connectivity index (χ3v) is 3.34. The van der Waals surface area contributed by atoms with Crippen molar-refractivity contribution in [1.29, 1.82) is 0 Å². The van der Waals surface area contributed by atoms with E-state index >= 15 is 0 Å². The highest BCUT2D eigenvalue weighted by molar-refractivity contribution is 6.30. The molecule has 0 aliphatic rings. The maximum absolute atomic E-state index is 12.7. The highest BCUT2D eigenvalue weighted by Crippen LogP contribution is 2.31. The van der Waals surface area contributed by atoms with Crippen LogP contribution in [0.1, 0.15) is 17.1 Å². The van der Waals surface area contributed by atoms with Gasteiger partial charge >= 0.3 is 6.18 Å². The van der Waals surface area contributed by atoms with Gasteiger partial charge in [-0.05, 0) is 17.7 Å². The lowest BCUT2D eigenvalue weighted by Gasteiger charge is -1.98. The van der Waals surface area contributed by atoms with Crippen molar-refractivity contribution in [3.8, 4) is 11.6 Å². The summed E-state index contributed by atoms with van der Waals surface area (Å²) in [5.74, 6) is 0.254. The summed E-state index contributed by atoms with van der Waals surface area (Å²) in [5.41, 5.74) is -0.0551. The molecule has 3 aromatic rings. The Hall–Kier alpha value is -2.35. The van der Waals surface area contributed by atoms with E-state index in [2.05, 4.69) is 15.3 Å². The van der Waals surface area contributed by atoms with Crippen LogP contribution < -0.4 is 0 Å². The minimum Gasteiger partial charge on any atom is -0.419 e. The van der Waals surface area contributed by atoms with Gasteiger partial charge in [-0.3, -0.25) is 4.68 Å². The molecule has 5 nitrogen and oxygen atoms in total. The van der Waals surface area contributed by atoms with E-state index in [0.29, 0.717) is 11.4 Å². The summed E-state index contributed by atoms with van der Waals surface area (Å²) in [4.78, 5) is 0. The van der Waals surface area contributed by atoms with Gasteiger partial charge in [0.25, 0.3) is 5.89 Å². The molecule has 0 fully saturated rings. The zero-order valence-corrected chi connectivity index (χ0v) is 12.6. The number of halogens is 4. The fourth-order valence-electron chi connectivity index (χ4n) is 2.06. The summed E-state index contributed by atoms with van der Waals surface area (Å²) in [6.45, 7) is 0. The van der Waals surface area contributed by atoms with Crippen LogP contribution in [0.15, 0.2) is 34.7 Å². The van der Waals surface area contributed by atoms with E-state index in [4.69, 9.17) is 16.0 Å². The average Bonchev–Trinajstić information content (AvgIpc) is 3.04. The van der Waals surface area contributed by atoms with Crippen LogP contribution in [0.3, 0.4) is 0 Å². The second kappa shape index (κ2) is 5.69. The first-order valence-electron chi connectivity index (χ1n) is 6.51. The average molecular weight is 343 g/mol. The minimum absolute atomic E-state index is 0.0208. The summed E-state index contributed by atoms with van der Waals surface area (Å²) < 4.78 is 44.5. The van der Waals surface area contributed by atoms with Gasteiger partial charge in [0.2, 0.25) is 5.89 Å². The first kappa shape index (κ1) is 15.5. The molecular weight excluding hydrogens is 333 g/mol. The Morgan fingerprint density at radius 2 is 2.00 bits per heavy atom. The maximum Gasteiger partial charge on any atom is 0.435 e. The second-order valence-electron chi connectivity index (χ2n) is 4.84. The summed E-state index contributed by atoms with van der Waals surface area (Å²) in [6, 6.07) is 7.97. The lowest BCUT2D eigenvalue weighted by atomic mass is 10.1. The van der Waals surface area contributed by atoms with Crippen molar-refractivity contribution in [2.24, 2.45) is 7.05 Å². The molecule has 0 aliphatic heterocycles. The molecule has 0 amide bonds. The number of benzene rings is 1. The predicted octanol–water partition coefficient (Wildman–Crippen LogP) is 3.73. The lowest BCUT2D eigenvalue weighted by molar-refractivity contribution is -0.141. The molecule has 0 atom stereocenters. The molecular formula is C14H10ClF3N4O. The van der Waals surface area contributed by atoms with Crippen LogP contribution in [0.4, 0.5) is 13.2 Å². The van der Waals surface area contributed by atoms with Gasteiger partial charge in [-0.1, -0.05) is 23.7 Å². The number of rotatable bonds is 3. The molecule has 0 saturated heterocycles. The summed E-state index contributed by atoms with van der Waals surface area (Å²) in [7, 11) is 1.38. The lowest BCUT2D eigenvalue weighted by Crippen LogP contribution is -2.06. The van der Waals surface area contributed by atoms with Crippen LogP contribution in [0.2, 0.25) is 5.02 Å². The van der Waals surface area contributed by atoms with Gasteiger partial charge in [0.15, 0.2) is 5.69 Å². The molecule has 3 rings (SSSR count). The normalized spacial score (nSPS) is 11.9. The zero-order chi connectivity index (χ0) is 16.6. The van der Waals surface area contributed by atoms with Crippen molar-refractivity contribution >= 4 is 11.6 Å². The molecule has 2 heterocycles. The summed E-state index contributed by atoms with van der Waals surface area (Å²) in [6.07, 6.45) is -4.20. The van der Waals surface area contributed by atoms with Crippen molar-refractivity contribution in [3.63, 3.8) is 0 Å². The van der Waals surface area contributed by atoms with Crippen molar-refractivity contribution in [2.45, 2.75) is 12.6 Å². The van der Waals surface area contributed by atoms with Gasteiger partial charge in [-0.2, -0.15) is 18.3 Å². The third-order valence-electron chi connectivity index (χ3n) is 3.10. The van der Waals surface area contributed by atoms with E-state index < -0.39 is 11.9 Å². The highest BCUT2D eigenvalue weighted by atomic mass is 35.5. The van der Waals surface area contributed by atoms with E-state index in [1.165, 1.54) is 7.05 Å². The molecule has 0 unspecified atom stereocenters. The maximum atomic E-state index is 12.7. The number of hydrogen-bond acceptors (Lipinski definition) is 4. The van der Waals surface area contributed by atoms with Crippen LogP contribution >= 0.6 is 11.6 Å². The molecule has 23 heavy (non-hydrogen) atoms. The van der Waals surface area contributed by atoms with Gasteiger partial charge in [0.05, 0.1) is 6.42 Å². The smallest absolute Gasteiger partial charge is 0.419 e. The van der Waals surface area contributed by atoms with Crippen molar-refractivity contribution in [1.82, 2.24) is 20.0 Å². The second-order valence-corrected chi connectivity index (χ2v) is 5.28. The largest absolute Gasteiger partial charge is 0.435 e. The number of alkyl halides is 3. The number of aromatic nitrogens is 4. The first-order valence-corrected chi connectivity index (χ1v) is 6.89. The van der Waals surface area contributed by atoms with Crippen LogP contribution in [0.25, 0.3) is 11.6 Å². The van der Waals surface area contributed by atoms with E-state index in [1.807, 2.05) is 6.07 Å². The van der Waals surface area contributed by atoms with E-state index in [1.54, 1.807) is 18.2 Å². The molecule has 2 aromatic heterocycles. The zero-order valence-electron chi connectivity index (χ0n) is 11.8.